The summed E-state index contributed by atoms with van der Waals surface area (Å²) in [6.45, 7) is 0.0488. The van der Waals surface area contributed by atoms with E-state index >= 15 is 0 Å². The van der Waals surface area contributed by atoms with Crippen LogP contribution >= 0.6 is 24.0 Å². The van der Waals surface area contributed by atoms with Crippen LogP contribution in [-0.4, -0.2) is 52.4 Å². The number of aliphatic hydroxyl groups is 1. The highest BCUT2D eigenvalue weighted by Gasteiger charge is 2.31. The Kier molecular flexibility index (Phi) is 7.25. The standard InChI is InChI=1S/C23H22N4O5S2/c28-13-27-18-9-8-14(11-17(18)25-22(27)32)16-6-4-5-15(24-16)12-19-21(31)26(23(33)34-19)10-3-1-2-7-20(29)30/h4-6,8-9,11-12,28H,1-3,7,10,13H2,(H,25,32)(H,29,30)/b19-12-. The van der Waals surface area contributed by atoms with Crippen LogP contribution in [0.25, 0.3) is 28.4 Å². The fourth-order valence-electron chi connectivity index (χ4n) is 3.71. The number of benzene rings is 1. The number of H-pyrrole nitrogens is 1. The maximum Gasteiger partial charge on any atom is 0.328 e. The summed E-state index contributed by atoms with van der Waals surface area (Å²) in [5.74, 6) is -0.996. The van der Waals surface area contributed by atoms with Gasteiger partial charge in [0.15, 0.2) is 0 Å². The molecule has 1 fully saturated rings. The number of carboxylic acid groups (broad SMARTS) is 1. The highest BCUT2D eigenvalue weighted by molar-refractivity contribution is 8.26. The van der Waals surface area contributed by atoms with Crippen molar-refractivity contribution in [3.8, 4) is 11.3 Å². The number of aliphatic hydroxyl groups excluding tert-OH is 1. The minimum absolute atomic E-state index is 0.122. The number of hydrogen-bond acceptors (Lipinski definition) is 7. The second-order valence-electron chi connectivity index (χ2n) is 7.72. The highest BCUT2D eigenvalue weighted by Crippen LogP contribution is 2.33. The molecule has 1 saturated heterocycles. The number of hydrogen-bond donors (Lipinski definition) is 3. The number of nitrogens with zero attached hydrogens (tertiary/aromatic N) is 3. The number of thioether (sulfide) groups is 1. The number of fused-ring (bicyclic) bond motifs is 1. The lowest BCUT2D eigenvalue weighted by atomic mass is 10.1. The molecule has 3 aromatic rings. The van der Waals surface area contributed by atoms with Crippen LogP contribution in [0.1, 0.15) is 31.4 Å². The zero-order chi connectivity index (χ0) is 24.2. The number of aliphatic carboxylic acids is 1. The fraction of sp³-hybridized carbons (Fsp3) is 0.261. The van der Waals surface area contributed by atoms with Gasteiger partial charge in [-0.2, -0.15) is 0 Å². The van der Waals surface area contributed by atoms with Crippen molar-refractivity contribution in [2.45, 2.75) is 32.4 Å². The normalized spacial score (nSPS) is 15.1. The molecule has 9 nitrogen and oxygen atoms in total. The number of imidazole rings is 1. The van der Waals surface area contributed by atoms with Crippen LogP contribution < -0.4 is 5.69 Å². The molecule has 1 aliphatic rings. The molecule has 0 bridgehead atoms. The number of carbonyl (C=O) groups is 2. The van der Waals surface area contributed by atoms with Gasteiger partial charge in [0.25, 0.3) is 5.91 Å². The largest absolute Gasteiger partial charge is 0.481 e. The number of thiocarbonyl (C=S) groups is 1. The smallest absolute Gasteiger partial charge is 0.328 e. The first kappa shape index (κ1) is 23.9. The van der Waals surface area contributed by atoms with Crippen molar-refractivity contribution in [3.05, 3.63) is 57.5 Å². The van der Waals surface area contributed by atoms with Crippen LogP contribution in [0.4, 0.5) is 0 Å². The number of amides is 1. The summed E-state index contributed by atoms with van der Waals surface area (Å²) in [6.07, 6.45) is 3.79. The fourth-order valence-corrected chi connectivity index (χ4v) is 5.00. The Morgan fingerprint density at radius 3 is 2.76 bits per heavy atom. The lowest BCUT2D eigenvalue weighted by Gasteiger charge is -2.13. The third kappa shape index (κ3) is 5.11. The summed E-state index contributed by atoms with van der Waals surface area (Å²) in [7, 11) is 0. The third-order valence-electron chi connectivity index (χ3n) is 5.41. The Labute approximate surface area is 204 Å². The van der Waals surface area contributed by atoms with Crippen molar-refractivity contribution in [1.82, 2.24) is 19.4 Å². The average Bonchev–Trinajstić information content (AvgIpc) is 3.27. The molecule has 0 unspecified atom stereocenters. The minimum atomic E-state index is -0.819. The first-order valence-electron chi connectivity index (χ1n) is 10.7. The van der Waals surface area contributed by atoms with Crippen molar-refractivity contribution >= 4 is 57.3 Å². The van der Waals surface area contributed by atoms with E-state index in [2.05, 4.69) is 9.97 Å². The van der Waals surface area contributed by atoms with Gasteiger partial charge in [-0.1, -0.05) is 42.5 Å². The van der Waals surface area contributed by atoms with Crippen molar-refractivity contribution in [2.24, 2.45) is 0 Å². The Bertz CT molecular complexity index is 1360. The Morgan fingerprint density at radius 2 is 2.00 bits per heavy atom. The second kappa shape index (κ2) is 10.3. The van der Waals surface area contributed by atoms with Gasteiger partial charge in [0.2, 0.25) is 0 Å². The van der Waals surface area contributed by atoms with E-state index in [0.29, 0.717) is 57.5 Å². The molecule has 1 aliphatic heterocycles. The summed E-state index contributed by atoms with van der Waals surface area (Å²) in [5.41, 5.74) is 2.85. The van der Waals surface area contributed by atoms with Crippen molar-refractivity contribution in [3.63, 3.8) is 0 Å². The average molecular weight is 499 g/mol. The van der Waals surface area contributed by atoms with E-state index in [1.165, 1.54) is 16.3 Å². The molecule has 3 N–H and O–H groups in total. The lowest BCUT2D eigenvalue weighted by Crippen LogP contribution is -2.29. The van der Waals surface area contributed by atoms with Crippen molar-refractivity contribution in [1.29, 1.82) is 0 Å². The number of unbranched alkanes of at least 4 members (excludes halogenated alkanes) is 2. The molecular formula is C23H22N4O5S2. The van der Waals surface area contributed by atoms with E-state index in [0.717, 1.165) is 5.56 Å². The molecule has 4 rings (SSSR count). The number of pyridine rings is 1. The molecule has 34 heavy (non-hydrogen) atoms. The molecule has 3 heterocycles. The van der Waals surface area contributed by atoms with Crippen LogP contribution in [0, 0.1) is 0 Å². The topological polar surface area (TPSA) is 129 Å². The maximum absolute atomic E-state index is 12.8. The molecule has 0 saturated carbocycles. The first-order chi connectivity index (χ1) is 16.4. The summed E-state index contributed by atoms with van der Waals surface area (Å²) >= 11 is 6.59. The lowest BCUT2D eigenvalue weighted by molar-refractivity contribution is -0.137. The molecule has 11 heteroatoms. The number of aromatic nitrogens is 3. The van der Waals surface area contributed by atoms with E-state index in [4.69, 9.17) is 17.3 Å². The summed E-state index contributed by atoms with van der Waals surface area (Å²) in [5, 5.41) is 18.1. The maximum atomic E-state index is 12.8. The molecule has 2 aromatic heterocycles. The SMILES string of the molecule is O=C(O)CCCCCN1C(=O)/C(=C/c2cccc(-c3ccc4c(c3)[nH]c(=O)n4CO)n2)SC1=S. The summed E-state index contributed by atoms with van der Waals surface area (Å²) in [6, 6.07) is 10.8. The van der Waals surface area contributed by atoms with E-state index in [1.54, 1.807) is 29.2 Å². The monoisotopic (exact) mass is 498 g/mol. The van der Waals surface area contributed by atoms with Gasteiger partial charge in [-0.15, -0.1) is 0 Å². The van der Waals surface area contributed by atoms with E-state index in [-0.39, 0.29) is 18.0 Å². The number of nitrogens with one attached hydrogen (secondary N) is 1. The van der Waals surface area contributed by atoms with Gasteiger partial charge in [0.1, 0.15) is 11.1 Å². The van der Waals surface area contributed by atoms with Gasteiger partial charge < -0.3 is 15.2 Å². The predicted octanol–water partition coefficient (Wildman–Crippen LogP) is 3.19. The highest BCUT2D eigenvalue weighted by atomic mass is 32.2. The molecule has 0 radical (unpaired) electrons. The summed E-state index contributed by atoms with van der Waals surface area (Å²) < 4.78 is 1.71. The third-order valence-corrected chi connectivity index (χ3v) is 6.78. The Balaban J connectivity index is 1.49. The molecule has 1 amide bonds. The molecule has 176 valence electrons. The Hall–Kier alpha value is -3.28. The second-order valence-corrected chi connectivity index (χ2v) is 9.39. The van der Waals surface area contributed by atoms with Crippen LogP contribution in [0.15, 0.2) is 46.1 Å². The van der Waals surface area contributed by atoms with Crippen molar-refractivity contribution < 1.29 is 19.8 Å². The predicted molar refractivity (Wildman–Crippen MR) is 134 cm³/mol. The van der Waals surface area contributed by atoms with Crippen LogP contribution in [-0.2, 0) is 16.3 Å². The quantitative estimate of drug-likeness (QED) is 0.233. The van der Waals surface area contributed by atoms with E-state index in [9.17, 15) is 19.5 Å². The number of rotatable bonds is 9. The molecular weight excluding hydrogens is 476 g/mol. The van der Waals surface area contributed by atoms with Crippen molar-refractivity contribution in [2.75, 3.05) is 6.54 Å². The summed E-state index contributed by atoms with van der Waals surface area (Å²) in [4.78, 5) is 44.8. The van der Waals surface area contributed by atoms with Gasteiger partial charge in [0.05, 0.1) is 27.3 Å². The van der Waals surface area contributed by atoms with Gasteiger partial charge in [-0.3, -0.25) is 19.1 Å². The van der Waals surface area contributed by atoms with Crippen LogP contribution in [0.5, 0.6) is 0 Å². The minimum Gasteiger partial charge on any atom is -0.481 e. The zero-order valence-electron chi connectivity index (χ0n) is 18.1. The first-order valence-corrected chi connectivity index (χ1v) is 11.9. The van der Waals surface area contributed by atoms with Gasteiger partial charge in [-0.25, -0.2) is 9.78 Å². The number of carboxylic acids is 1. The van der Waals surface area contributed by atoms with E-state index < -0.39 is 12.7 Å². The van der Waals surface area contributed by atoms with Gasteiger partial charge in [0, 0.05) is 18.5 Å². The Morgan fingerprint density at radius 1 is 1.18 bits per heavy atom. The molecule has 0 aliphatic carbocycles. The van der Waals surface area contributed by atoms with E-state index in [1.807, 2.05) is 18.2 Å². The molecule has 0 atom stereocenters. The number of carbonyl (C=O) groups excluding carboxylic acids is 1. The van der Waals surface area contributed by atoms with Crippen LogP contribution in [0.2, 0.25) is 0 Å². The van der Waals surface area contributed by atoms with Gasteiger partial charge in [-0.05, 0) is 43.2 Å². The molecule has 1 aromatic carbocycles. The molecule has 0 spiro atoms. The van der Waals surface area contributed by atoms with Crippen LogP contribution in [0.3, 0.4) is 0 Å². The zero-order valence-corrected chi connectivity index (χ0v) is 19.7. The van der Waals surface area contributed by atoms with Gasteiger partial charge >= 0.3 is 11.7 Å². The number of aromatic amines is 1.